The van der Waals surface area contributed by atoms with Gasteiger partial charge in [0.25, 0.3) is 0 Å². The number of benzene rings is 1. The Balaban J connectivity index is 2.95. The SMILES string of the molecule is CC(C)/C(=C/c1ccc(Cl)cc1F)CNC(C)(C)C. The first-order chi connectivity index (χ1) is 8.69. The fourth-order valence-electron chi connectivity index (χ4n) is 1.61. The summed E-state index contributed by atoms with van der Waals surface area (Å²) in [6.45, 7) is 11.3. The molecule has 106 valence electrons. The second-order valence-electron chi connectivity index (χ2n) is 6.14. The van der Waals surface area contributed by atoms with E-state index < -0.39 is 0 Å². The highest BCUT2D eigenvalue weighted by Gasteiger charge is 2.12. The molecule has 0 fully saturated rings. The van der Waals surface area contributed by atoms with Gasteiger partial charge in [-0.05, 0) is 38.8 Å². The topological polar surface area (TPSA) is 12.0 Å². The van der Waals surface area contributed by atoms with Crippen molar-refractivity contribution in [1.29, 1.82) is 0 Å². The van der Waals surface area contributed by atoms with Crippen molar-refractivity contribution in [2.75, 3.05) is 6.54 Å². The van der Waals surface area contributed by atoms with Crippen LogP contribution in [0.3, 0.4) is 0 Å². The zero-order valence-electron chi connectivity index (χ0n) is 12.3. The van der Waals surface area contributed by atoms with E-state index in [0.717, 1.165) is 6.54 Å². The minimum absolute atomic E-state index is 0.0481. The minimum atomic E-state index is -0.276. The van der Waals surface area contributed by atoms with Gasteiger partial charge in [0.15, 0.2) is 0 Å². The van der Waals surface area contributed by atoms with Crippen molar-refractivity contribution in [2.45, 2.75) is 40.2 Å². The van der Waals surface area contributed by atoms with Crippen LogP contribution in [0.25, 0.3) is 6.08 Å². The molecular formula is C16H23ClFN. The predicted octanol–water partition coefficient (Wildman–Crippen LogP) is 4.91. The van der Waals surface area contributed by atoms with Crippen molar-refractivity contribution < 1.29 is 4.39 Å². The van der Waals surface area contributed by atoms with Crippen LogP contribution in [0, 0.1) is 11.7 Å². The third-order valence-electron chi connectivity index (χ3n) is 2.87. The molecule has 3 heteroatoms. The molecule has 0 aliphatic carbocycles. The minimum Gasteiger partial charge on any atom is -0.308 e. The van der Waals surface area contributed by atoms with Gasteiger partial charge in [-0.3, -0.25) is 0 Å². The van der Waals surface area contributed by atoms with E-state index in [4.69, 9.17) is 11.6 Å². The van der Waals surface area contributed by atoms with Crippen LogP contribution in [0.5, 0.6) is 0 Å². The Labute approximate surface area is 120 Å². The lowest BCUT2D eigenvalue weighted by molar-refractivity contribution is 0.437. The van der Waals surface area contributed by atoms with E-state index in [1.807, 2.05) is 6.08 Å². The molecule has 0 spiro atoms. The third kappa shape index (κ3) is 5.75. The van der Waals surface area contributed by atoms with E-state index in [1.54, 1.807) is 12.1 Å². The van der Waals surface area contributed by atoms with Crippen molar-refractivity contribution in [2.24, 2.45) is 5.92 Å². The van der Waals surface area contributed by atoms with Gasteiger partial charge in [0.05, 0.1) is 0 Å². The van der Waals surface area contributed by atoms with E-state index in [-0.39, 0.29) is 11.4 Å². The lowest BCUT2D eigenvalue weighted by Gasteiger charge is -2.23. The van der Waals surface area contributed by atoms with Gasteiger partial charge in [-0.25, -0.2) is 4.39 Å². The van der Waals surface area contributed by atoms with Crippen molar-refractivity contribution >= 4 is 17.7 Å². The normalized spacial score (nSPS) is 13.2. The Hall–Kier alpha value is -0.860. The Morgan fingerprint density at radius 3 is 2.47 bits per heavy atom. The van der Waals surface area contributed by atoms with E-state index in [2.05, 4.69) is 39.9 Å². The van der Waals surface area contributed by atoms with Gasteiger partial charge in [0.1, 0.15) is 5.82 Å². The molecule has 0 radical (unpaired) electrons. The summed E-state index contributed by atoms with van der Waals surface area (Å²) in [5.74, 6) is 0.0892. The highest BCUT2D eigenvalue weighted by Crippen LogP contribution is 2.20. The van der Waals surface area contributed by atoms with E-state index >= 15 is 0 Å². The van der Waals surface area contributed by atoms with Gasteiger partial charge in [0, 0.05) is 22.7 Å². The second-order valence-corrected chi connectivity index (χ2v) is 6.58. The summed E-state index contributed by atoms with van der Waals surface area (Å²) in [5.41, 5.74) is 1.81. The molecule has 0 saturated carbocycles. The summed E-state index contributed by atoms with van der Waals surface area (Å²) in [4.78, 5) is 0. The fourth-order valence-corrected chi connectivity index (χ4v) is 1.77. The monoisotopic (exact) mass is 283 g/mol. The smallest absolute Gasteiger partial charge is 0.131 e. The summed E-state index contributed by atoms with van der Waals surface area (Å²) in [6, 6.07) is 4.78. The largest absolute Gasteiger partial charge is 0.308 e. The van der Waals surface area contributed by atoms with E-state index in [0.29, 0.717) is 16.5 Å². The van der Waals surface area contributed by atoms with Crippen LogP contribution in [0.15, 0.2) is 23.8 Å². The van der Waals surface area contributed by atoms with Crippen LogP contribution in [0.1, 0.15) is 40.2 Å². The van der Waals surface area contributed by atoms with E-state index in [9.17, 15) is 4.39 Å². The zero-order valence-corrected chi connectivity index (χ0v) is 13.1. The third-order valence-corrected chi connectivity index (χ3v) is 3.10. The number of rotatable bonds is 4. The van der Waals surface area contributed by atoms with Gasteiger partial charge in [-0.15, -0.1) is 0 Å². The molecule has 0 aliphatic rings. The number of hydrogen-bond acceptors (Lipinski definition) is 1. The Kier molecular flexibility index (Phi) is 5.57. The van der Waals surface area contributed by atoms with Crippen molar-refractivity contribution in [3.8, 4) is 0 Å². The molecule has 0 unspecified atom stereocenters. The molecule has 0 heterocycles. The van der Waals surface area contributed by atoms with Crippen molar-refractivity contribution in [1.82, 2.24) is 5.32 Å². The van der Waals surface area contributed by atoms with Crippen molar-refractivity contribution in [3.63, 3.8) is 0 Å². The Morgan fingerprint density at radius 2 is 2.00 bits per heavy atom. The van der Waals surface area contributed by atoms with Crippen LogP contribution in [0.4, 0.5) is 4.39 Å². The van der Waals surface area contributed by atoms with Crippen LogP contribution in [0.2, 0.25) is 5.02 Å². The second kappa shape index (κ2) is 6.53. The molecule has 1 N–H and O–H groups in total. The maximum absolute atomic E-state index is 13.8. The molecule has 0 amide bonds. The Morgan fingerprint density at radius 1 is 1.37 bits per heavy atom. The zero-order chi connectivity index (χ0) is 14.6. The van der Waals surface area contributed by atoms with Crippen LogP contribution in [-0.2, 0) is 0 Å². The average molecular weight is 284 g/mol. The first kappa shape index (κ1) is 16.2. The fraction of sp³-hybridized carbons (Fsp3) is 0.500. The number of hydrogen-bond donors (Lipinski definition) is 1. The average Bonchev–Trinajstić information content (AvgIpc) is 2.24. The maximum Gasteiger partial charge on any atom is 0.131 e. The van der Waals surface area contributed by atoms with Crippen LogP contribution < -0.4 is 5.32 Å². The highest BCUT2D eigenvalue weighted by molar-refractivity contribution is 6.30. The number of nitrogens with one attached hydrogen (secondary N) is 1. The molecule has 1 nitrogen and oxygen atoms in total. The van der Waals surface area contributed by atoms with E-state index in [1.165, 1.54) is 11.6 Å². The van der Waals surface area contributed by atoms with Crippen LogP contribution >= 0.6 is 11.6 Å². The maximum atomic E-state index is 13.8. The summed E-state index contributed by atoms with van der Waals surface area (Å²) in [7, 11) is 0. The Bertz CT molecular complexity index is 458. The van der Waals surface area contributed by atoms with Gasteiger partial charge in [0.2, 0.25) is 0 Å². The molecule has 1 aromatic rings. The standard InChI is InChI=1S/C16H23ClFN/c1-11(2)13(10-19-16(3,4)5)8-12-6-7-14(17)9-15(12)18/h6-9,11,19H,10H2,1-5H3/b13-8+. The quantitative estimate of drug-likeness (QED) is 0.828. The summed E-state index contributed by atoms with van der Waals surface area (Å²) < 4.78 is 13.8. The first-order valence-electron chi connectivity index (χ1n) is 6.59. The molecule has 1 aromatic carbocycles. The van der Waals surface area contributed by atoms with Gasteiger partial charge in [-0.2, -0.15) is 0 Å². The summed E-state index contributed by atoms with van der Waals surface area (Å²) >= 11 is 5.76. The molecule has 0 saturated heterocycles. The van der Waals surface area contributed by atoms with Crippen LogP contribution in [-0.4, -0.2) is 12.1 Å². The van der Waals surface area contributed by atoms with Gasteiger partial charge < -0.3 is 5.32 Å². The molecule has 0 atom stereocenters. The summed E-state index contributed by atoms with van der Waals surface area (Å²) in [6.07, 6.45) is 1.91. The lowest BCUT2D eigenvalue weighted by Crippen LogP contribution is -2.37. The summed E-state index contributed by atoms with van der Waals surface area (Å²) in [5, 5.41) is 3.86. The number of halogens is 2. The highest BCUT2D eigenvalue weighted by atomic mass is 35.5. The molecule has 0 bridgehead atoms. The molecular weight excluding hydrogens is 261 g/mol. The molecule has 0 aliphatic heterocycles. The molecule has 0 aromatic heterocycles. The first-order valence-corrected chi connectivity index (χ1v) is 6.97. The van der Waals surface area contributed by atoms with Crippen molar-refractivity contribution in [3.05, 3.63) is 40.2 Å². The molecule has 19 heavy (non-hydrogen) atoms. The lowest BCUT2D eigenvalue weighted by atomic mass is 9.98. The van der Waals surface area contributed by atoms with Gasteiger partial charge in [-0.1, -0.05) is 43.2 Å². The van der Waals surface area contributed by atoms with Gasteiger partial charge >= 0.3 is 0 Å². The predicted molar refractivity (Wildman–Crippen MR) is 82.0 cm³/mol. The molecule has 1 rings (SSSR count).